The van der Waals surface area contributed by atoms with Crippen LogP contribution in [0.15, 0.2) is 0 Å². The van der Waals surface area contributed by atoms with E-state index in [9.17, 15) is 77.1 Å². The van der Waals surface area contributed by atoms with Gasteiger partial charge in [-0.3, -0.25) is 31.9 Å². The van der Waals surface area contributed by atoms with E-state index in [0.717, 1.165) is 0 Å². The van der Waals surface area contributed by atoms with Gasteiger partial charge in [0, 0.05) is 6.42 Å². The molecule has 286 valence electrons. The van der Waals surface area contributed by atoms with Gasteiger partial charge < -0.3 is 9.47 Å². The summed E-state index contributed by atoms with van der Waals surface area (Å²) in [5, 5.41) is 0. The lowest BCUT2D eigenvalue weighted by atomic mass is 9.99. The van der Waals surface area contributed by atoms with Crippen LogP contribution in [0.25, 0.3) is 0 Å². The Hall–Kier alpha value is -0.990. The Bertz CT molecular complexity index is 1950. The summed E-state index contributed by atoms with van der Waals surface area (Å²) in [6.45, 7) is -1.85. The molecule has 1 saturated heterocycles. The second-order valence-electron chi connectivity index (χ2n) is 8.71. The Balaban J connectivity index is 2.92. The van der Waals surface area contributed by atoms with Gasteiger partial charge in [0.1, 0.15) is 24.4 Å². The molecule has 0 bridgehead atoms. The third-order valence-corrected chi connectivity index (χ3v) is 8.52. The molecule has 0 aromatic carbocycles. The molecule has 0 amide bonds. The molecule has 37 heteroatoms. The largest absolute Gasteiger partial charge is 0.400 e. The van der Waals surface area contributed by atoms with Gasteiger partial charge in [-0.2, -0.15) is 58.9 Å². The highest BCUT2D eigenvalue weighted by molar-refractivity contribution is 7.82. The Kier molecular flexibility index (Phi) is 13.1. The van der Waals surface area contributed by atoms with Crippen molar-refractivity contribution < 1.29 is 130 Å². The second-order valence-corrected chi connectivity index (χ2v) is 16.1. The van der Waals surface area contributed by atoms with Crippen LogP contribution < -0.4 is 0 Å². The summed E-state index contributed by atoms with van der Waals surface area (Å²) in [7, 11) is -41.5. The summed E-state index contributed by atoms with van der Waals surface area (Å²) >= 11 is 0. The first-order valence-electron chi connectivity index (χ1n) is 11.0. The first-order valence-corrected chi connectivity index (χ1v) is 20.5. The van der Waals surface area contributed by atoms with Crippen LogP contribution >= 0.6 is 0 Å². The van der Waals surface area contributed by atoms with Crippen molar-refractivity contribution in [2.75, 3.05) is 6.61 Å². The number of hydrogen-bond donors (Lipinski definition) is 7. The topological polar surface area (TPSA) is 464 Å². The maximum absolute atomic E-state index is 11.8. The number of rotatable bonds is 17. The molecule has 48 heavy (non-hydrogen) atoms. The van der Waals surface area contributed by atoms with Crippen LogP contribution in [0, 0.1) is 0 Å². The average molecular weight is 857 g/mol. The molecule has 1 aliphatic carbocycles. The molecule has 7 N–H and O–H groups in total. The fraction of sp³-hybridized carbons (Fsp3) is 1.00. The molecule has 1 heterocycles. The van der Waals surface area contributed by atoms with Crippen molar-refractivity contribution >= 4 is 72.8 Å². The van der Waals surface area contributed by atoms with E-state index in [1.54, 1.807) is 0 Å². The van der Waals surface area contributed by atoms with Crippen LogP contribution in [0.3, 0.4) is 0 Å². The highest BCUT2D eigenvalue weighted by Gasteiger charge is 2.63. The predicted molar refractivity (Wildman–Crippen MR) is 134 cm³/mol. The van der Waals surface area contributed by atoms with Crippen LogP contribution in [0.1, 0.15) is 12.8 Å². The number of ether oxygens (including phenoxy) is 2. The van der Waals surface area contributed by atoms with Crippen LogP contribution in [0.2, 0.25) is 0 Å². The lowest BCUT2D eigenvalue weighted by molar-refractivity contribution is -0.358. The smallest absolute Gasteiger partial charge is 0.341 e. The normalized spacial score (nSPS) is 31.5. The molecule has 0 aromatic rings. The molecule has 2 aliphatic rings. The molecular formula is C11H20O30S7. The van der Waals surface area contributed by atoms with Gasteiger partial charge >= 0.3 is 72.8 Å². The lowest BCUT2D eigenvalue weighted by Crippen LogP contribution is -2.65. The molecule has 2 fully saturated rings. The molecule has 3 unspecified atom stereocenters. The van der Waals surface area contributed by atoms with Gasteiger partial charge in [-0.1, -0.05) is 0 Å². The molecule has 30 nitrogen and oxygen atoms in total. The van der Waals surface area contributed by atoms with Crippen molar-refractivity contribution in [3.63, 3.8) is 0 Å². The lowest BCUT2D eigenvalue weighted by Gasteiger charge is -2.45. The number of hydrogen-bond acceptors (Lipinski definition) is 23. The first-order chi connectivity index (χ1) is 21.1. The van der Waals surface area contributed by atoms with Gasteiger partial charge in [0.2, 0.25) is 5.79 Å². The molecular weight excluding hydrogens is 837 g/mol. The van der Waals surface area contributed by atoms with Crippen molar-refractivity contribution in [3.8, 4) is 0 Å². The Morgan fingerprint density at radius 3 is 1.40 bits per heavy atom. The average Bonchev–Trinajstić information content (AvgIpc) is 3.05. The Morgan fingerprint density at radius 2 is 0.979 bits per heavy atom. The molecule has 0 radical (unpaired) electrons. The molecule has 0 spiro atoms. The van der Waals surface area contributed by atoms with Gasteiger partial charge in [-0.15, -0.1) is 0 Å². The highest BCUT2D eigenvalue weighted by atomic mass is 32.3. The quantitative estimate of drug-likeness (QED) is 0.0531. The van der Waals surface area contributed by atoms with Crippen molar-refractivity contribution in [1.29, 1.82) is 0 Å². The molecule has 1 aliphatic heterocycles. The summed E-state index contributed by atoms with van der Waals surface area (Å²) in [5.41, 5.74) is 0. The molecule has 1 saturated carbocycles. The second kappa shape index (κ2) is 14.6. The van der Waals surface area contributed by atoms with E-state index >= 15 is 0 Å². The van der Waals surface area contributed by atoms with Crippen LogP contribution in [0.5, 0.6) is 0 Å². The zero-order valence-electron chi connectivity index (χ0n) is 22.0. The van der Waals surface area contributed by atoms with Crippen molar-refractivity contribution in [2.45, 2.75) is 61.5 Å². The SMILES string of the molecule is O=S(=O)(O)OC[C@H]1O[C@H](OC2(OS(=O)(=O)O)CCC(OS(=O)(=O)O)C2OS(=O)(=O)O)[C@H](OS(=O)(=O)O)[C@@H](OS(=O)(=O)O)[C@@H]1OS(=O)(=O)O. The van der Waals surface area contributed by atoms with Crippen LogP contribution in [0.4, 0.5) is 0 Å². The maximum Gasteiger partial charge on any atom is 0.400 e. The van der Waals surface area contributed by atoms with E-state index in [1.807, 2.05) is 0 Å². The summed E-state index contributed by atoms with van der Waals surface area (Å²) in [4.78, 5) is 0. The van der Waals surface area contributed by atoms with E-state index in [0.29, 0.717) is 0 Å². The zero-order chi connectivity index (χ0) is 37.5. The third-order valence-electron chi connectivity index (χ3n) is 5.25. The third kappa shape index (κ3) is 14.7. The van der Waals surface area contributed by atoms with E-state index in [2.05, 4.69) is 29.3 Å². The summed E-state index contributed by atoms with van der Waals surface area (Å²) in [6, 6.07) is 0. The summed E-state index contributed by atoms with van der Waals surface area (Å²) in [6.07, 6.45) is -24.0. The van der Waals surface area contributed by atoms with Crippen molar-refractivity contribution in [1.82, 2.24) is 0 Å². The minimum Gasteiger partial charge on any atom is -0.341 e. The van der Waals surface area contributed by atoms with Gasteiger partial charge in [-0.05, 0) is 6.42 Å². The van der Waals surface area contributed by atoms with Crippen LogP contribution in [-0.2, 0) is 112 Å². The maximum atomic E-state index is 11.8. The zero-order valence-corrected chi connectivity index (χ0v) is 27.8. The Morgan fingerprint density at radius 1 is 0.542 bits per heavy atom. The van der Waals surface area contributed by atoms with E-state index in [-0.39, 0.29) is 0 Å². The fourth-order valence-corrected chi connectivity index (χ4v) is 7.48. The highest BCUT2D eigenvalue weighted by Crippen LogP contribution is 2.44. The van der Waals surface area contributed by atoms with E-state index in [1.165, 1.54) is 0 Å². The standard InChI is InChI=1S/C11H20O30S7/c12-42(13,14)33-3-5-6(37-44(18,19)20)7(38-45(21,22)23)8(39-46(24,25)26)10(34-5)35-11(41-48(30,31)32)2-1-4(36-43(15,16)17)9(11)40-47(27,28)29/h4-10H,1-3H2,(H,12,13,14)(H,15,16,17)(H,18,19,20)(H,21,22,23)(H,24,25,26)(H,27,28,29)(H,30,31,32)/t4?,5-,6-,7+,8-,9?,10-,11?/m1/s1. The monoisotopic (exact) mass is 856 g/mol. The summed E-state index contributed by atoms with van der Waals surface area (Å²) in [5.74, 6) is -3.81. The first kappa shape index (κ1) is 43.2. The van der Waals surface area contributed by atoms with E-state index in [4.69, 9.17) is 23.1 Å². The fourth-order valence-electron chi connectivity index (χ4n) is 4.06. The minimum absolute atomic E-state index is 1.14. The van der Waals surface area contributed by atoms with Crippen molar-refractivity contribution in [3.05, 3.63) is 0 Å². The van der Waals surface area contributed by atoms with E-state index < -0.39 is 141 Å². The Labute approximate surface area is 269 Å². The van der Waals surface area contributed by atoms with Crippen LogP contribution in [-0.4, -0.2) is 146 Å². The predicted octanol–water partition coefficient (Wildman–Crippen LogP) is -5.20. The molecule has 2 rings (SSSR count). The minimum atomic E-state index is -6.10. The molecule has 0 aromatic heterocycles. The van der Waals surface area contributed by atoms with Crippen molar-refractivity contribution in [2.24, 2.45) is 0 Å². The summed E-state index contributed by atoms with van der Waals surface area (Å²) < 4.78 is 264. The van der Waals surface area contributed by atoms with Gasteiger partial charge in [-0.25, -0.2) is 29.3 Å². The van der Waals surface area contributed by atoms with Gasteiger partial charge in [0.25, 0.3) is 0 Å². The van der Waals surface area contributed by atoms with Gasteiger partial charge in [0.05, 0.1) is 6.61 Å². The molecule has 8 atom stereocenters. The van der Waals surface area contributed by atoms with Gasteiger partial charge in [0.15, 0.2) is 18.5 Å².